The highest BCUT2D eigenvalue weighted by atomic mass is 32.2. The van der Waals surface area contributed by atoms with Crippen LogP contribution in [0.25, 0.3) is 0 Å². The van der Waals surface area contributed by atoms with E-state index < -0.39 is 27.7 Å². The number of nitrogens with zero attached hydrogens (tertiary/aromatic N) is 2. The minimum atomic E-state index is -3.82. The number of rotatable bonds is 6. The van der Waals surface area contributed by atoms with Crippen LogP contribution in [0.5, 0.6) is 0 Å². The van der Waals surface area contributed by atoms with E-state index >= 15 is 0 Å². The first-order chi connectivity index (χ1) is 13.9. The predicted molar refractivity (Wildman–Crippen MR) is 104 cm³/mol. The lowest BCUT2D eigenvalue weighted by Crippen LogP contribution is -2.46. The molecule has 1 fully saturated rings. The summed E-state index contributed by atoms with van der Waals surface area (Å²) in [6, 6.07) is 7.93. The van der Waals surface area contributed by atoms with E-state index in [-0.39, 0.29) is 30.4 Å². The molecule has 10 heteroatoms. The largest absolute Gasteiger partial charge is 0.347 e. The average Bonchev–Trinajstić information content (AvgIpc) is 2.73. The summed E-state index contributed by atoms with van der Waals surface area (Å²) in [5.74, 6) is -1.88. The molecular weight excluding hydrogens is 399 g/mol. The quantitative estimate of drug-likeness (QED) is 0.734. The SMILES string of the molecule is O=C(CNC(=O)[C@H]1CCCN(S(=O)(=O)c2ccc(F)cc2)C1)Nc1cccnc1. The molecule has 1 aliphatic heterocycles. The summed E-state index contributed by atoms with van der Waals surface area (Å²) in [6.45, 7) is 0.0652. The fourth-order valence-electron chi connectivity index (χ4n) is 3.08. The fourth-order valence-corrected chi connectivity index (χ4v) is 4.61. The Balaban J connectivity index is 1.56. The third-order valence-electron chi connectivity index (χ3n) is 4.57. The Morgan fingerprint density at radius 3 is 2.66 bits per heavy atom. The molecule has 2 heterocycles. The molecule has 1 aliphatic rings. The van der Waals surface area contributed by atoms with Crippen LogP contribution >= 0.6 is 0 Å². The smallest absolute Gasteiger partial charge is 0.243 e. The number of aromatic nitrogens is 1. The molecule has 2 N–H and O–H groups in total. The van der Waals surface area contributed by atoms with Gasteiger partial charge in [-0.3, -0.25) is 14.6 Å². The Morgan fingerprint density at radius 2 is 1.97 bits per heavy atom. The molecule has 1 aromatic heterocycles. The van der Waals surface area contributed by atoms with Crippen LogP contribution in [0.3, 0.4) is 0 Å². The van der Waals surface area contributed by atoms with Gasteiger partial charge in [-0.25, -0.2) is 12.8 Å². The number of carbonyl (C=O) groups excluding carboxylic acids is 2. The van der Waals surface area contributed by atoms with Crippen LogP contribution in [-0.4, -0.2) is 49.2 Å². The van der Waals surface area contributed by atoms with Crippen molar-refractivity contribution < 1.29 is 22.4 Å². The van der Waals surface area contributed by atoms with Crippen LogP contribution in [0.2, 0.25) is 0 Å². The van der Waals surface area contributed by atoms with Crippen LogP contribution in [0.15, 0.2) is 53.7 Å². The van der Waals surface area contributed by atoms with Crippen molar-refractivity contribution >= 4 is 27.5 Å². The number of piperidine rings is 1. The van der Waals surface area contributed by atoms with Gasteiger partial charge in [0.2, 0.25) is 21.8 Å². The Bertz CT molecular complexity index is 967. The number of hydrogen-bond acceptors (Lipinski definition) is 5. The van der Waals surface area contributed by atoms with E-state index in [0.29, 0.717) is 18.5 Å². The molecule has 0 saturated carbocycles. The van der Waals surface area contributed by atoms with E-state index in [0.717, 1.165) is 12.1 Å². The summed E-state index contributed by atoms with van der Waals surface area (Å²) in [5, 5.41) is 5.16. The van der Waals surface area contributed by atoms with E-state index in [9.17, 15) is 22.4 Å². The highest BCUT2D eigenvalue weighted by Gasteiger charge is 2.33. The zero-order chi connectivity index (χ0) is 20.9. The summed E-state index contributed by atoms with van der Waals surface area (Å²) < 4.78 is 39.8. The zero-order valence-electron chi connectivity index (χ0n) is 15.5. The van der Waals surface area contributed by atoms with Gasteiger partial charge in [-0.2, -0.15) is 4.31 Å². The lowest BCUT2D eigenvalue weighted by atomic mass is 9.99. The Morgan fingerprint density at radius 1 is 1.21 bits per heavy atom. The van der Waals surface area contributed by atoms with Gasteiger partial charge < -0.3 is 10.6 Å². The second-order valence-electron chi connectivity index (χ2n) is 6.66. The lowest BCUT2D eigenvalue weighted by Gasteiger charge is -2.31. The van der Waals surface area contributed by atoms with Gasteiger partial charge in [-0.05, 0) is 49.2 Å². The molecule has 1 saturated heterocycles. The Kier molecular flexibility index (Phi) is 6.55. The van der Waals surface area contributed by atoms with Crippen LogP contribution in [0.1, 0.15) is 12.8 Å². The normalized spacial score (nSPS) is 17.5. The van der Waals surface area contributed by atoms with Crippen molar-refractivity contribution in [3.05, 3.63) is 54.6 Å². The molecule has 0 aliphatic carbocycles. The van der Waals surface area contributed by atoms with Crippen molar-refractivity contribution in [2.75, 3.05) is 25.0 Å². The maximum Gasteiger partial charge on any atom is 0.243 e. The van der Waals surface area contributed by atoms with Gasteiger partial charge >= 0.3 is 0 Å². The minimum Gasteiger partial charge on any atom is -0.347 e. The molecular formula is C19H21FN4O4S. The van der Waals surface area contributed by atoms with Gasteiger partial charge in [0, 0.05) is 19.3 Å². The first kappa shape index (κ1) is 20.9. The van der Waals surface area contributed by atoms with Gasteiger partial charge in [-0.15, -0.1) is 0 Å². The van der Waals surface area contributed by atoms with E-state index in [1.54, 1.807) is 18.3 Å². The molecule has 0 radical (unpaired) electrons. The van der Waals surface area contributed by atoms with Gasteiger partial charge in [0.1, 0.15) is 5.82 Å². The Labute approximate surface area is 168 Å². The lowest BCUT2D eigenvalue weighted by molar-refractivity contribution is -0.128. The van der Waals surface area contributed by atoms with Crippen molar-refractivity contribution in [1.29, 1.82) is 0 Å². The molecule has 8 nitrogen and oxygen atoms in total. The van der Waals surface area contributed by atoms with Gasteiger partial charge in [0.15, 0.2) is 0 Å². The molecule has 2 amide bonds. The van der Waals surface area contributed by atoms with E-state index in [4.69, 9.17) is 0 Å². The van der Waals surface area contributed by atoms with Gasteiger partial charge in [0.05, 0.1) is 29.2 Å². The number of amides is 2. The highest BCUT2D eigenvalue weighted by molar-refractivity contribution is 7.89. The van der Waals surface area contributed by atoms with E-state index in [2.05, 4.69) is 15.6 Å². The third kappa shape index (κ3) is 5.36. The van der Waals surface area contributed by atoms with Crippen molar-refractivity contribution in [2.45, 2.75) is 17.7 Å². The summed E-state index contributed by atoms with van der Waals surface area (Å²) in [6.07, 6.45) is 4.09. The van der Waals surface area contributed by atoms with Gasteiger partial charge in [-0.1, -0.05) is 0 Å². The molecule has 0 bridgehead atoms. The fraction of sp³-hybridized carbons (Fsp3) is 0.316. The number of nitrogens with one attached hydrogen (secondary N) is 2. The molecule has 0 spiro atoms. The second-order valence-corrected chi connectivity index (χ2v) is 8.60. The monoisotopic (exact) mass is 420 g/mol. The molecule has 0 unspecified atom stereocenters. The maximum absolute atomic E-state index is 13.1. The molecule has 29 heavy (non-hydrogen) atoms. The van der Waals surface area contributed by atoms with Gasteiger partial charge in [0.25, 0.3) is 0 Å². The first-order valence-electron chi connectivity index (χ1n) is 9.09. The van der Waals surface area contributed by atoms with Crippen LogP contribution < -0.4 is 10.6 Å². The number of hydrogen-bond donors (Lipinski definition) is 2. The highest BCUT2D eigenvalue weighted by Crippen LogP contribution is 2.24. The van der Waals surface area contributed by atoms with Crippen LogP contribution in [0.4, 0.5) is 10.1 Å². The van der Waals surface area contributed by atoms with Crippen molar-refractivity contribution in [3.8, 4) is 0 Å². The number of benzene rings is 1. The van der Waals surface area contributed by atoms with Crippen molar-refractivity contribution in [3.63, 3.8) is 0 Å². The summed E-state index contributed by atoms with van der Waals surface area (Å²) >= 11 is 0. The van der Waals surface area contributed by atoms with Crippen molar-refractivity contribution in [2.24, 2.45) is 5.92 Å². The molecule has 154 valence electrons. The molecule has 3 rings (SSSR count). The van der Waals surface area contributed by atoms with Crippen LogP contribution in [-0.2, 0) is 19.6 Å². The average molecular weight is 420 g/mol. The predicted octanol–water partition coefficient (Wildman–Crippen LogP) is 1.38. The van der Waals surface area contributed by atoms with E-state index in [1.807, 2.05) is 0 Å². The standard InChI is InChI=1S/C19H21FN4O4S/c20-15-5-7-17(8-6-15)29(27,28)24-10-2-3-14(13-24)19(26)22-12-18(25)23-16-4-1-9-21-11-16/h1,4-9,11,14H,2-3,10,12-13H2,(H,22,26)(H,23,25)/t14-/m0/s1. The molecule has 1 aromatic carbocycles. The molecule has 1 atom stereocenters. The summed E-state index contributed by atoms with van der Waals surface area (Å²) in [7, 11) is -3.82. The zero-order valence-corrected chi connectivity index (χ0v) is 16.4. The van der Waals surface area contributed by atoms with Crippen LogP contribution in [0, 0.1) is 11.7 Å². The minimum absolute atomic E-state index is 0.00969. The number of halogens is 1. The second kappa shape index (κ2) is 9.10. The number of anilines is 1. The van der Waals surface area contributed by atoms with Crippen molar-refractivity contribution in [1.82, 2.24) is 14.6 Å². The molecule has 2 aromatic rings. The van der Waals surface area contributed by atoms with E-state index in [1.165, 1.54) is 22.6 Å². The number of sulfonamides is 1. The topological polar surface area (TPSA) is 108 Å². The first-order valence-corrected chi connectivity index (χ1v) is 10.5. The Hall–Kier alpha value is -2.85. The number of carbonyl (C=O) groups is 2. The summed E-state index contributed by atoms with van der Waals surface area (Å²) in [5.41, 5.74) is 0.515. The number of pyridine rings is 1. The maximum atomic E-state index is 13.1. The summed E-state index contributed by atoms with van der Waals surface area (Å²) in [4.78, 5) is 28.2. The third-order valence-corrected chi connectivity index (χ3v) is 6.45.